The van der Waals surface area contributed by atoms with Crippen LogP contribution in [0.3, 0.4) is 0 Å². The summed E-state index contributed by atoms with van der Waals surface area (Å²) in [6.07, 6.45) is 2.24. The van der Waals surface area contributed by atoms with Gasteiger partial charge in [0.25, 0.3) is 0 Å². The number of aromatic nitrogens is 2. The monoisotopic (exact) mass is 940 g/mol. The van der Waals surface area contributed by atoms with E-state index < -0.39 is 19.8 Å². The third-order valence-electron chi connectivity index (χ3n) is 9.59. The zero-order chi connectivity index (χ0) is 38.8. The number of carbonyl (C=O) groups excluding carboxylic acids is 1. The molecular formula is C43H54F3IrN2O2SSi-. The van der Waals surface area contributed by atoms with Crippen LogP contribution in [0.2, 0.25) is 19.6 Å². The molecule has 10 heteroatoms. The van der Waals surface area contributed by atoms with Gasteiger partial charge in [-0.25, -0.2) is 0 Å². The summed E-state index contributed by atoms with van der Waals surface area (Å²) in [5.41, 5.74) is 3.62. The van der Waals surface area contributed by atoms with Crippen molar-refractivity contribution in [3.8, 4) is 11.3 Å². The van der Waals surface area contributed by atoms with Gasteiger partial charge in [0.15, 0.2) is 5.78 Å². The molecule has 0 saturated heterocycles. The molecule has 0 spiro atoms. The molecule has 1 N–H and O–H groups in total. The molecule has 0 saturated carbocycles. The quantitative estimate of drug-likeness (QED) is 0.0656. The molecule has 53 heavy (non-hydrogen) atoms. The Labute approximate surface area is 332 Å². The molecule has 5 rings (SSSR count). The van der Waals surface area contributed by atoms with Crippen molar-refractivity contribution >= 4 is 61.5 Å². The van der Waals surface area contributed by atoms with Crippen LogP contribution in [0.15, 0.2) is 54.4 Å². The van der Waals surface area contributed by atoms with Crippen molar-refractivity contribution in [2.75, 3.05) is 0 Å². The van der Waals surface area contributed by atoms with Gasteiger partial charge in [-0.1, -0.05) is 102 Å². The van der Waals surface area contributed by atoms with E-state index in [9.17, 15) is 23.1 Å². The fraction of sp³-hybridized carbons (Fsp3) is 0.465. The number of halogens is 3. The van der Waals surface area contributed by atoms with Crippen LogP contribution in [0.25, 0.3) is 42.3 Å². The number of hydrogen-bond donors (Lipinski definition) is 1. The Balaban J connectivity index is 0.000000403. The molecule has 3 aromatic heterocycles. The predicted molar refractivity (Wildman–Crippen MR) is 216 cm³/mol. The van der Waals surface area contributed by atoms with Gasteiger partial charge in [0, 0.05) is 75.8 Å². The van der Waals surface area contributed by atoms with Crippen LogP contribution in [0.1, 0.15) is 91.0 Å². The topological polar surface area (TPSA) is 63.1 Å². The fourth-order valence-electron chi connectivity index (χ4n) is 6.69. The van der Waals surface area contributed by atoms with Crippen LogP contribution in [-0.4, -0.2) is 28.9 Å². The number of allylic oxidation sites excluding steroid dienone is 2. The van der Waals surface area contributed by atoms with Crippen LogP contribution >= 0.6 is 11.3 Å². The van der Waals surface area contributed by atoms with Gasteiger partial charge >= 0.3 is 6.18 Å². The third kappa shape index (κ3) is 10.7. The Morgan fingerprint density at radius 1 is 0.962 bits per heavy atom. The van der Waals surface area contributed by atoms with E-state index in [1.54, 1.807) is 0 Å². The number of fused-ring (bicyclic) bond motifs is 4. The Morgan fingerprint density at radius 3 is 2.13 bits per heavy atom. The first kappa shape index (κ1) is 44.5. The largest absolute Gasteiger partial charge is 0.512 e. The van der Waals surface area contributed by atoms with Crippen LogP contribution in [0, 0.1) is 30.2 Å². The van der Waals surface area contributed by atoms with E-state index in [1.165, 1.54) is 17.4 Å². The smallest absolute Gasteiger partial charge is 0.418 e. The minimum absolute atomic E-state index is 0. The Morgan fingerprint density at radius 2 is 1.58 bits per heavy atom. The normalized spacial score (nSPS) is 12.8. The van der Waals surface area contributed by atoms with Crippen molar-refractivity contribution in [1.82, 2.24) is 9.97 Å². The van der Waals surface area contributed by atoms with Crippen molar-refractivity contribution in [2.24, 2.45) is 17.3 Å². The van der Waals surface area contributed by atoms with E-state index in [0.717, 1.165) is 75.9 Å². The molecule has 289 valence electrons. The second-order valence-electron chi connectivity index (χ2n) is 16.1. The number of aliphatic hydroxyl groups is 1. The zero-order valence-corrected chi connectivity index (χ0v) is 37.1. The molecule has 0 fully saturated rings. The SMILES string of the molecule is CCC(CC)C(=O)/C=C(\O)C(CC)CC.Cc1ccc2[c-]c(-c3ncc(C(F)(F)F)c4c3sc3cc(CC(C)(C)C)ccc34)cc([Si](C)(C)C)c2n1.[Ir]. The number of alkyl halides is 3. The number of thiophene rings is 1. The van der Waals surface area contributed by atoms with E-state index in [-0.39, 0.29) is 54.3 Å². The van der Waals surface area contributed by atoms with Gasteiger partial charge in [0.05, 0.1) is 19.4 Å². The van der Waals surface area contributed by atoms with Gasteiger partial charge in [-0.3, -0.25) is 14.8 Å². The van der Waals surface area contributed by atoms with E-state index in [2.05, 4.69) is 57.5 Å². The predicted octanol–water partition coefficient (Wildman–Crippen LogP) is 12.8. The van der Waals surface area contributed by atoms with Gasteiger partial charge in [0.1, 0.15) is 0 Å². The van der Waals surface area contributed by atoms with E-state index in [1.807, 2.05) is 65.0 Å². The summed E-state index contributed by atoms with van der Waals surface area (Å²) in [5, 5.41) is 12.6. The van der Waals surface area contributed by atoms with Crippen molar-refractivity contribution in [3.63, 3.8) is 0 Å². The summed E-state index contributed by atoms with van der Waals surface area (Å²) in [4.78, 5) is 20.9. The second-order valence-corrected chi connectivity index (χ2v) is 22.2. The molecule has 0 aliphatic rings. The van der Waals surface area contributed by atoms with Gasteiger partial charge in [-0.05, 0) is 61.6 Å². The number of ketones is 1. The Kier molecular flexibility index (Phi) is 14.9. The first-order valence-electron chi connectivity index (χ1n) is 18.4. The molecular weight excluding hydrogens is 886 g/mol. The number of aryl methyl sites for hydroxylation is 1. The molecule has 0 amide bonds. The van der Waals surface area contributed by atoms with Crippen molar-refractivity contribution < 1.29 is 43.2 Å². The molecule has 5 aromatic rings. The third-order valence-corrected chi connectivity index (χ3v) is 12.8. The van der Waals surface area contributed by atoms with Gasteiger partial charge < -0.3 is 5.11 Å². The van der Waals surface area contributed by atoms with E-state index >= 15 is 0 Å². The number of rotatable bonds is 10. The van der Waals surface area contributed by atoms with Crippen LogP contribution in [0.5, 0.6) is 0 Å². The standard InChI is InChI=1S/C30H30F3N2SSi.C13H24O2.Ir/c1-17-8-10-19-13-20(14-24(26(19)35-17)37(5,6)7)27-28-25(22(16-34-27)30(31,32)33)21-11-9-18(12-23(21)36-28)15-29(2,3)4;1-5-10(6-2)12(14)9-13(15)11(7-3)8-4;/h8-12,14,16H,15H2,1-7H3;9-11,14H,5-8H2,1-4H3;/q-1;;/b;12-9-;. The van der Waals surface area contributed by atoms with Gasteiger partial charge in [-0.15, -0.1) is 29.5 Å². The van der Waals surface area contributed by atoms with Crippen LogP contribution in [-0.2, 0) is 37.5 Å². The number of carbonyl (C=O) groups is 1. The minimum Gasteiger partial charge on any atom is -0.512 e. The van der Waals surface area contributed by atoms with E-state index in [0.29, 0.717) is 15.8 Å². The second kappa shape index (κ2) is 17.7. The van der Waals surface area contributed by atoms with Crippen molar-refractivity contribution in [3.05, 3.63) is 77.3 Å². The summed E-state index contributed by atoms with van der Waals surface area (Å²) in [6, 6.07) is 15.3. The Bertz CT molecular complexity index is 2090. The maximum Gasteiger partial charge on any atom is 0.418 e. The van der Waals surface area contributed by atoms with E-state index in [4.69, 9.17) is 4.98 Å². The van der Waals surface area contributed by atoms with Crippen LogP contribution < -0.4 is 5.19 Å². The van der Waals surface area contributed by atoms with Gasteiger partial charge in [-0.2, -0.15) is 13.2 Å². The number of nitrogens with zero attached hydrogens (tertiary/aromatic N) is 2. The maximum absolute atomic E-state index is 14.2. The Hall–Kier alpha value is -2.91. The number of hydrogen-bond acceptors (Lipinski definition) is 5. The number of benzene rings is 2. The zero-order valence-electron chi connectivity index (χ0n) is 32.9. The molecule has 0 aliphatic carbocycles. The summed E-state index contributed by atoms with van der Waals surface area (Å²) < 4.78 is 43.9. The molecule has 3 heterocycles. The summed E-state index contributed by atoms with van der Waals surface area (Å²) in [6.45, 7) is 23.3. The summed E-state index contributed by atoms with van der Waals surface area (Å²) >= 11 is 1.39. The molecule has 1 radical (unpaired) electrons. The average Bonchev–Trinajstić information content (AvgIpc) is 3.42. The summed E-state index contributed by atoms with van der Waals surface area (Å²) in [5.74, 6) is 0.547. The molecule has 2 aromatic carbocycles. The van der Waals surface area contributed by atoms with Crippen LogP contribution in [0.4, 0.5) is 13.2 Å². The molecule has 0 aliphatic heterocycles. The van der Waals surface area contributed by atoms with Crippen molar-refractivity contribution in [2.45, 2.75) is 113 Å². The number of pyridine rings is 2. The minimum atomic E-state index is -4.50. The fourth-order valence-corrected chi connectivity index (χ4v) is 9.46. The first-order chi connectivity index (χ1) is 24.2. The molecule has 4 nitrogen and oxygen atoms in total. The summed E-state index contributed by atoms with van der Waals surface area (Å²) in [7, 11) is -1.84. The molecule has 0 atom stereocenters. The molecule has 0 unspecified atom stereocenters. The molecule has 0 bridgehead atoms. The number of aliphatic hydroxyl groups excluding tert-OH is 1. The first-order valence-corrected chi connectivity index (χ1v) is 22.7. The maximum atomic E-state index is 14.2. The van der Waals surface area contributed by atoms with Gasteiger partial charge in [0.2, 0.25) is 0 Å². The van der Waals surface area contributed by atoms with Crippen molar-refractivity contribution in [1.29, 1.82) is 0 Å². The average molecular weight is 940 g/mol.